The number of nitrogens with one attached hydrogen (secondary N) is 1. The molecular formula is C20H20N2O3. The standard InChI is InChI=1S/C20H20N2O3/c23-19(21-12-10-20(24)25)11-13-22-17-9-5-4-8-16(17)14-18(22)15-6-2-1-3-7-15/h1-9,14H,10-13H2,(H,21,23)(H,24,25). The van der Waals surface area contributed by atoms with Crippen LogP contribution in [0.3, 0.4) is 0 Å². The van der Waals surface area contributed by atoms with Crippen molar-refractivity contribution in [3.8, 4) is 11.3 Å². The number of hydrogen-bond acceptors (Lipinski definition) is 2. The number of carboxylic acid groups (broad SMARTS) is 1. The third-order valence-electron chi connectivity index (χ3n) is 4.10. The van der Waals surface area contributed by atoms with Gasteiger partial charge in [-0.25, -0.2) is 0 Å². The number of amides is 1. The van der Waals surface area contributed by atoms with Crippen LogP contribution < -0.4 is 5.32 Å². The maximum Gasteiger partial charge on any atom is 0.305 e. The van der Waals surface area contributed by atoms with Crippen molar-refractivity contribution in [3.05, 3.63) is 60.7 Å². The first-order valence-corrected chi connectivity index (χ1v) is 8.27. The van der Waals surface area contributed by atoms with Crippen molar-refractivity contribution in [2.45, 2.75) is 19.4 Å². The van der Waals surface area contributed by atoms with Crippen LogP contribution in [0.4, 0.5) is 0 Å². The molecule has 128 valence electrons. The Bertz CT molecular complexity index is 884. The van der Waals surface area contributed by atoms with E-state index in [-0.39, 0.29) is 18.9 Å². The van der Waals surface area contributed by atoms with Gasteiger partial charge in [0.1, 0.15) is 0 Å². The van der Waals surface area contributed by atoms with Crippen molar-refractivity contribution in [3.63, 3.8) is 0 Å². The average Bonchev–Trinajstić information content (AvgIpc) is 2.99. The van der Waals surface area contributed by atoms with E-state index in [1.165, 1.54) is 0 Å². The van der Waals surface area contributed by atoms with E-state index >= 15 is 0 Å². The molecule has 3 aromatic rings. The second-order valence-electron chi connectivity index (χ2n) is 5.85. The van der Waals surface area contributed by atoms with Crippen LogP contribution in [0.15, 0.2) is 60.7 Å². The third-order valence-corrected chi connectivity index (χ3v) is 4.10. The van der Waals surface area contributed by atoms with Gasteiger partial charge in [-0.2, -0.15) is 0 Å². The molecule has 0 unspecified atom stereocenters. The molecule has 5 heteroatoms. The van der Waals surface area contributed by atoms with Crippen LogP contribution in [0.2, 0.25) is 0 Å². The first-order valence-electron chi connectivity index (χ1n) is 8.27. The Morgan fingerprint density at radius 2 is 1.68 bits per heavy atom. The number of carboxylic acids is 1. The van der Waals surface area contributed by atoms with Crippen molar-refractivity contribution in [2.75, 3.05) is 6.54 Å². The van der Waals surface area contributed by atoms with E-state index in [1.54, 1.807) is 0 Å². The van der Waals surface area contributed by atoms with Gasteiger partial charge in [0.2, 0.25) is 5.91 Å². The van der Waals surface area contributed by atoms with E-state index in [0.717, 1.165) is 22.2 Å². The largest absolute Gasteiger partial charge is 0.481 e. The molecule has 3 rings (SSSR count). The molecule has 1 heterocycles. The summed E-state index contributed by atoms with van der Waals surface area (Å²) in [7, 11) is 0. The van der Waals surface area contributed by atoms with Gasteiger partial charge < -0.3 is 15.0 Å². The SMILES string of the molecule is O=C(O)CCNC(=O)CCn1c(-c2ccccc2)cc2ccccc21. The van der Waals surface area contributed by atoms with Crippen LogP contribution in [-0.2, 0) is 16.1 Å². The Morgan fingerprint density at radius 1 is 0.960 bits per heavy atom. The minimum absolute atomic E-state index is 0.0620. The minimum atomic E-state index is -0.914. The lowest BCUT2D eigenvalue weighted by Gasteiger charge is -2.11. The molecule has 0 aliphatic rings. The van der Waals surface area contributed by atoms with E-state index in [0.29, 0.717) is 13.0 Å². The van der Waals surface area contributed by atoms with Crippen molar-refractivity contribution in [1.82, 2.24) is 9.88 Å². The van der Waals surface area contributed by atoms with Crippen LogP contribution in [0.1, 0.15) is 12.8 Å². The van der Waals surface area contributed by atoms with Crippen LogP contribution in [0, 0.1) is 0 Å². The highest BCUT2D eigenvalue weighted by Crippen LogP contribution is 2.28. The Balaban J connectivity index is 1.80. The predicted octanol–water partition coefficient (Wildman–Crippen LogP) is 3.29. The molecule has 0 radical (unpaired) electrons. The highest BCUT2D eigenvalue weighted by molar-refractivity contribution is 5.87. The van der Waals surface area contributed by atoms with Crippen LogP contribution in [0.5, 0.6) is 0 Å². The molecule has 0 aliphatic heterocycles. The molecule has 25 heavy (non-hydrogen) atoms. The Kier molecular flexibility index (Phi) is 5.14. The van der Waals surface area contributed by atoms with E-state index in [4.69, 9.17) is 5.11 Å². The maximum absolute atomic E-state index is 12.0. The molecule has 0 atom stereocenters. The van der Waals surface area contributed by atoms with Gasteiger partial charge in [-0.05, 0) is 17.7 Å². The molecule has 0 bridgehead atoms. The fraction of sp³-hybridized carbons (Fsp3) is 0.200. The van der Waals surface area contributed by atoms with E-state index in [2.05, 4.69) is 34.1 Å². The molecule has 5 nitrogen and oxygen atoms in total. The summed E-state index contributed by atoms with van der Waals surface area (Å²) in [6, 6.07) is 20.3. The second kappa shape index (κ2) is 7.66. The van der Waals surface area contributed by atoms with Crippen LogP contribution >= 0.6 is 0 Å². The average molecular weight is 336 g/mol. The highest BCUT2D eigenvalue weighted by Gasteiger charge is 2.11. The lowest BCUT2D eigenvalue weighted by atomic mass is 10.1. The minimum Gasteiger partial charge on any atom is -0.481 e. The number of para-hydroxylation sites is 1. The van der Waals surface area contributed by atoms with Gasteiger partial charge in [0, 0.05) is 36.1 Å². The fourth-order valence-corrected chi connectivity index (χ4v) is 2.91. The molecule has 1 aromatic heterocycles. The van der Waals surface area contributed by atoms with E-state index in [1.807, 2.05) is 36.4 Å². The van der Waals surface area contributed by atoms with Gasteiger partial charge in [0.25, 0.3) is 0 Å². The van der Waals surface area contributed by atoms with Gasteiger partial charge in [0.05, 0.1) is 6.42 Å². The lowest BCUT2D eigenvalue weighted by molar-refractivity contribution is -0.136. The van der Waals surface area contributed by atoms with Crippen molar-refractivity contribution < 1.29 is 14.7 Å². The molecule has 0 saturated carbocycles. The highest BCUT2D eigenvalue weighted by atomic mass is 16.4. The molecular weight excluding hydrogens is 316 g/mol. The second-order valence-corrected chi connectivity index (χ2v) is 5.85. The summed E-state index contributed by atoms with van der Waals surface area (Å²) in [4.78, 5) is 22.5. The quantitative estimate of drug-likeness (QED) is 0.695. The topological polar surface area (TPSA) is 71.3 Å². The summed E-state index contributed by atoms with van der Waals surface area (Å²) >= 11 is 0. The number of hydrogen-bond donors (Lipinski definition) is 2. The molecule has 0 fully saturated rings. The number of aryl methyl sites for hydroxylation is 1. The predicted molar refractivity (Wildman–Crippen MR) is 97.3 cm³/mol. The number of aliphatic carboxylic acids is 1. The number of aromatic nitrogens is 1. The molecule has 0 spiro atoms. The molecule has 2 aromatic carbocycles. The van der Waals surface area contributed by atoms with Gasteiger partial charge in [-0.1, -0.05) is 48.5 Å². The number of nitrogens with zero attached hydrogens (tertiary/aromatic N) is 1. The molecule has 2 N–H and O–H groups in total. The summed E-state index contributed by atoms with van der Waals surface area (Å²) in [6.07, 6.45) is 0.242. The summed E-state index contributed by atoms with van der Waals surface area (Å²) in [5, 5.41) is 12.4. The molecule has 0 aliphatic carbocycles. The normalized spacial score (nSPS) is 10.7. The van der Waals surface area contributed by atoms with E-state index < -0.39 is 5.97 Å². The number of carbonyl (C=O) groups is 2. The lowest BCUT2D eigenvalue weighted by Crippen LogP contribution is -2.26. The zero-order valence-electron chi connectivity index (χ0n) is 13.8. The first kappa shape index (κ1) is 16.8. The number of fused-ring (bicyclic) bond motifs is 1. The summed E-state index contributed by atoms with van der Waals surface area (Å²) in [5.74, 6) is -1.05. The smallest absolute Gasteiger partial charge is 0.305 e. The van der Waals surface area contributed by atoms with E-state index in [9.17, 15) is 9.59 Å². The summed E-state index contributed by atoms with van der Waals surface area (Å²) in [6.45, 7) is 0.697. The Hall–Kier alpha value is -3.08. The number of rotatable bonds is 7. The fourth-order valence-electron chi connectivity index (χ4n) is 2.91. The van der Waals surface area contributed by atoms with Gasteiger partial charge in [-0.3, -0.25) is 9.59 Å². The van der Waals surface area contributed by atoms with Crippen molar-refractivity contribution in [2.24, 2.45) is 0 Å². The van der Waals surface area contributed by atoms with Gasteiger partial charge in [-0.15, -0.1) is 0 Å². The van der Waals surface area contributed by atoms with Crippen LogP contribution in [-0.4, -0.2) is 28.1 Å². The summed E-state index contributed by atoms with van der Waals surface area (Å²) in [5.41, 5.74) is 3.25. The Labute approximate surface area is 145 Å². The maximum atomic E-state index is 12.0. The number of benzene rings is 2. The molecule has 0 saturated heterocycles. The van der Waals surface area contributed by atoms with Crippen molar-refractivity contribution in [1.29, 1.82) is 0 Å². The van der Waals surface area contributed by atoms with Gasteiger partial charge >= 0.3 is 5.97 Å². The zero-order valence-corrected chi connectivity index (χ0v) is 13.8. The number of carbonyl (C=O) groups excluding carboxylic acids is 1. The summed E-state index contributed by atoms with van der Waals surface area (Å²) < 4.78 is 2.14. The van der Waals surface area contributed by atoms with Crippen LogP contribution in [0.25, 0.3) is 22.2 Å². The Morgan fingerprint density at radius 3 is 2.44 bits per heavy atom. The first-order chi connectivity index (χ1) is 12.1. The molecule has 1 amide bonds. The monoisotopic (exact) mass is 336 g/mol. The van der Waals surface area contributed by atoms with Crippen molar-refractivity contribution >= 4 is 22.8 Å². The zero-order chi connectivity index (χ0) is 17.6. The third kappa shape index (κ3) is 4.07. The van der Waals surface area contributed by atoms with Gasteiger partial charge in [0.15, 0.2) is 0 Å².